The van der Waals surface area contributed by atoms with Gasteiger partial charge < -0.3 is 4.40 Å². The first-order chi connectivity index (χ1) is 6.77. The summed E-state index contributed by atoms with van der Waals surface area (Å²) in [7, 11) is 0. The van der Waals surface area contributed by atoms with Crippen molar-refractivity contribution < 1.29 is 0 Å². The van der Waals surface area contributed by atoms with Gasteiger partial charge in [0.1, 0.15) is 3.70 Å². The molecule has 72 valence electrons. The van der Waals surface area contributed by atoms with Crippen LogP contribution in [-0.2, 0) is 0 Å². The van der Waals surface area contributed by atoms with Gasteiger partial charge in [-0.1, -0.05) is 0 Å². The molecule has 0 aliphatic heterocycles. The van der Waals surface area contributed by atoms with Gasteiger partial charge in [0.15, 0.2) is 5.65 Å². The Morgan fingerprint density at radius 3 is 3.00 bits per heavy atom. The average Bonchev–Trinajstić information content (AvgIpc) is 2.91. The second-order valence-electron chi connectivity index (χ2n) is 3.61. The standard InChI is InChI=1S/C10H8BrIN2/c11-7-2-1-5-14-8(6-3-4-6)9(12)13-10(7)14/h1-2,5-6H,3-4H2. The Morgan fingerprint density at radius 1 is 1.50 bits per heavy atom. The number of nitrogens with zero attached hydrogens (tertiary/aromatic N) is 2. The molecule has 3 rings (SSSR count). The largest absolute Gasteiger partial charge is 0.302 e. The molecule has 0 amide bonds. The molecule has 2 nitrogen and oxygen atoms in total. The molecule has 14 heavy (non-hydrogen) atoms. The SMILES string of the molecule is Brc1cccn2c(C3CC3)c(I)nc12. The van der Waals surface area contributed by atoms with Crippen LogP contribution in [0.15, 0.2) is 22.8 Å². The number of rotatable bonds is 1. The van der Waals surface area contributed by atoms with Gasteiger partial charge in [-0.3, -0.25) is 0 Å². The maximum Gasteiger partial charge on any atom is 0.152 e. The highest BCUT2D eigenvalue weighted by Gasteiger charge is 2.29. The lowest BCUT2D eigenvalue weighted by atomic mass is 10.3. The zero-order valence-corrected chi connectivity index (χ0v) is 11.1. The van der Waals surface area contributed by atoms with Gasteiger partial charge in [-0.05, 0) is 63.5 Å². The molecule has 0 spiro atoms. The van der Waals surface area contributed by atoms with Crippen molar-refractivity contribution in [1.29, 1.82) is 0 Å². The highest BCUT2D eigenvalue weighted by atomic mass is 127. The van der Waals surface area contributed by atoms with Crippen LogP contribution in [0, 0.1) is 3.70 Å². The van der Waals surface area contributed by atoms with E-state index in [-0.39, 0.29) is 0 Å². The summed E-state index contributed by atoms with van der Waals surface area (Å²) < 4.78 is 4.44. The lowest BCUT2D eigenvalue weighted by Gasteiger charge is -1.99. The minimum absolute atomic E-state index is 0.742. The summed E-state index contributed by atoms with van der Waals surface area (Å²) in [5.41, 5.74) is 2.43. The van der Waals surface area contributed by atoms with Crippen LogP contribution >= 0.6 is 38.5 Å². The summed E-state index contributed by atoms with van der Waals surface area (Å²) in [5.74, 6) is 0.742. The monoisotopic (exact) mass is 362 g/mol. The van der Waals surface area contributed by atoms with Crippen LogP contribution in [0.4, 0.5) is 0 Å². The van der Waals surface area contributed by atoms with E-state index in [0.29, 0.717) is 0 Å². The van der Waals surface area contributed by atoms with Crippen molar-refractivity contribution in [3.8, 4) is 0 Å². The fraction of sp³-hybridized carbons (Fsp3) is 0.300. The van der Waals surface area contributed by atoms with Gasteiger partial charge in [-0.2, -0.15) is 0 Å². The molecular weight excluding hydrogens is 355 g/mol. The molecule has 0 bridgehead atoms. The lowest BCUT2D eigenvalue weighted by Crippen LogP contribution is -1.91. The molecular formula is C10H8BrIN2. The molecule has 2 aromatic rings. The minimum Gasteiger partial charge on any atom is -0.302 e. The topological polar surface area (TPSA) is 17.3 Å². The van der Waals surface area contributed by atoms with E-state index in [2.05, 4.69) is 60.2 Å². The van der Waals surface area contributed by atoms with Crippen LogP contribution in [0.3, 0.4) is 0 Å². The van der Waals surface area contributed by atoms with E-state index in [1.54, 1.807) is 0 Å². The molecule has 0 aromatic carbocycles. The smallest absolute Gasteiger partial charge is 0.152 e. The molecule has 1 fully saturated rings. The summed E-state index contributed by atoms with van der Waals surface area (Å²) >= 11 is 5.86. The molecule has 1 aliphatic rings. The molecule has 2 aromatic heterocycles. The maximum atomic E-state index is 4.58. The number of aromatic nitrogens is 2. The van der Waals surface area contributed by atoms with Crippen LogP contribution in [0.25, 0.3) is 5.65 Å². The van der Waals surface area contributed by atoms with Crippen LogP contribution in [-0.4, -0.2) is 9.38 Å². The van der Waals surface area contributed by atoms with Gasteiger partial charge >= 0.3 is 0 Å². The van der Waals surface area contributed by atoms with E-state index in [0.717, 1.165) is 19.7 Å². The number of imidazole rings is 1. The van der Waals surface area contributed by atoms with Crippen molar-refractivity contribution in [1.82, 2.24) is 9.38 Å². The summed E-state index contributed by atoms with van der Waals surface area (Å²) in [5, 5.41) is 0. The molecule has 4 heteroatoms. The Kier molecular flexibility index (Phi) is 2.09. The Morgan fingerprint density at radius 2 is 2.29 bits per heavy atom. The molecule has 0 N–H and O–H groups in total. The van der Waals surface area contributed by atoms with E-state index < -0.39 is 0 Å². The highest BCUT2D eigenvalue weighted by Crippen LogP contribution is 2.42. The van der Waals surface area contributed by atoms with E-state index in [1.165, 1.54) is 18.5 Å². The van der Waals surface area contributed by atoms with E-state index >= 15 is 0 Å². The van der Waals surface area contributed by atoms with Crippen molar-refractivity contribution in [3.63, 3.8) is 0 Å². The van der Waals surface area contributed by atoms with Gasteiger partial charge in [0.25, 0.3) is 0 Å². The summed E-state index contributed by atoms with van der Waals surface area (Å²) in [6.45, 7) is 0. The number of hydrogen-bond donors (Lipinski definition) is 0. The quantitative estimate of drug-likeness (QED) is 0.709. The Balaban J connectivity index is 2.37. The fourth-order valence-electron chi connectivity index (χ4n) is 1.75. The maximum absolute atomic E-state index is 4.58. The fourth-order valence-corrected chi connectivity index (χ4v) is 3.11. The van der Waals surface area contributed by atoms with E-state index in [1.807, 2.05) is 6.07 Å². The molecule has 1 aliphatic carbocycles. The predicted octanol–water partition coefficient (Wildman–Crippen LogP) is 3.58. The van der Waals surface area contributed by atoms with E-state index in [4.69, 9.17) is 0 Å². The third-order valence-electron chi connectivity index (χ3n) is 2.56. The van der Waals surface area contributed by atoms with Gasteiger partial charge in [0.05, 0.1) is 10.2 Å². The normalized spacial score (nSPS) is 16.4. The Hall–Kier alpha value is -0.100. The number of halogens is 2. The van der Waals surface area contributed by atoms with Crippen molar-refractivity contribution in [2.45, 2.75) is 18.8 Å². The zero-order chi connectivity index (χ0) is 9.71. The minimum atomic E-state index is 0.742. The number of hydrogen-bond acceptors (Lipinski definition) is 1. The first-order valence-electron chi connectivity index (χ1n) is 4.59. The van der Waals surface area contributed by atoms with Crippen LogP contribution < -0.4 is 0 Å². The summed E-state index contributed by atoms with van der Waals surface area (Å²) in [4.78, 5) is 4.58. The van der Waals surface area contributed by atoms with Crippen molar-refractivity contribution in [2.75, 3.05) is 0 Å². The molecule has 0 saturated heterocycles. The van der Waals surface area contributed by atoms with Gasteiger partial charge in [-0.25, -0.2) is 4.98 Å². The van der Waals surface area contributed by atoms with Crippen LogP contribution in [0.5, 0.6) is 0 Å². The first kappa shape index (κ1) is 9.15. The Bertz CT molecular complexity index is 502. The molecule has 1 saturated carbocycles. The van der Waals surface area contributed by atoms with Gasteiger partial charge in [0, 0.05) is 12.1 Å². The van der Waals surface area contributed by atoms with E-state index in [9.17, 15) is 0 Å². The lowest BCUT2D eigenvalue weighted by molar-refractivity contribution is 0.972. The Labute approximate surface area is 104 Å². The summed E-state index contributed by atoms with van der Waals surface area (Å²) in [6.07, 6.45) is 4.73. The van der Waals surface area contributed by atoms with Crippen LogP contribution in [0.2, 0.25) is 0 Å². The highest BCUT2D eigenvalue weighted by molar-refractivity contribution is 14.1. The number of pyridine rings is 1. The average molecular weight is 363 g/mol. The molecule has 0 radical (unpaired) electrons. The third-order valence-corrected chi connectivity index (χ3v) is 3.97. The first-order valence-corrected chi connectivity index (χ1v) is 6.46. The molecule has 2 heterocycles. The van der Waals surface area contributed by atoms with Crippen molar-refractivity contribution >= 4 is 44.2 Å². The second kappa shape index (κ2) is 3.20. The number of fused-ring (bicyclic) bond motifs is 1. The molecule has 0 atom stereocenters. The molecule has 0 unspecified atom stereocenters. The van der Waals surface area contributed by atoms with Gasteiger partial charge in [-0.15, -0.1) is 0 Å². The zero-order valence-electron chi connectivity index (χ0n) is 7.37. The van der Waals surface area contributed by atoms with Crippen molar-refractivity contribution in [3.05, 3.63) is 32.2 Å². The van der Waals surface area contributed by atoms with Crippen LogP contribution in [0.1, 0.15) is 24.5 Å². The van der Waals surface area contributed by atoms with Gasteiger partial charge in [0.2, 0.25) is 0 Å². The third kappa shape index (κ3) is 1.31. The summed E-state index contributed by atoms with van der Waals surface area (Å²) in [6, 6.07) is 4.09. The second-order valence-corrected chi connectivity index (χ2v) is 5.49. The predicted molar refractivity (Wildman–Crippen MR) is 67.6 cm³/mol. The van der Waals surface area contributed by atoms with Crippen molar-refractivity contribution in [2.24, 2.45) is 0 Å².